The average Bonchev–Trinajstić information content (AvgIpc) is 2.55. The molecule has 0 fully saturated rings. The molecule has 1 heterocycles. The first-order valence-electron chi connectivity index (χ1n) is 6.57. The highest BCUT2D eigenvalue weighted by Gasteiger charge is 2.16. The van der Waals surface area contributed by atoms with E-state index in [4.69, 9.17) is 10.4 Å². The van der Waals surface area contributed by atoms with E-state index >= 15 is 0 Å². The first-order valence-corrected chi connectivity index (χ1v) is 6.57. The number of aliphatic hydroxyl groups is 1. The summed E-state index contributed by atoms with van der Waals surface area (Å²) in [6.07, 6.45) is 1.78. The summed E-state index contributed by atoms with van der Waals surface area (Å²) in [5.74, 6) is -0.332. The number of hydrogen-bond donors (Lipinski definition) is 2. The van der Waals surface area contributed by atoms with Crippen LogP contribution in [0, 0.1) is 11.3 Å². The maximum atomic E-state index is 12.2. The van der Waals surface area contributed by atoms with Crippen molar-refractivity contribution in [3.05, 3.63) is 65.5 Å². The van der Waals surface area contributed by atoms with E-state index < -0.39 is 0 Å². The largest absolute Gasteiger partial charge is 0.396 e. The number of nitriles is 1. The molecule has 0 radical (unpaired) electrons. The summed E-state index contributed by atoms with van der Waals surface area (Å²) >= 11 is 0. The SMILES string of the molecule is N#Cc1ccc(C(=O)NC(CCO)c2ccccc2)nc1. The summed E-state index contributed by atoms with van der Waals surface area (Å²) in [6, 6.07) is 14.2. The lowest BCUT2D eigenvalue weighted by atomic mass is 10.0. The van der Waals surface area contributed by atoms with Crippen molar-refractivity contribution in [3.8, 4) is 6.07 Å². The van der Waals surface area contributed by atoms with Crippen LogP contribution in [0.2, 0.25) is 0 Å². The fourth-order valence-corrected chi connectivity index (χ4v) is 1.96. The Balaban J connectivity index is 2.13. The van der Waals surface area contributed by atoms with Gasteiger partial charge in [-0.05, 0) is 24.1 Å². The van der Waals surface area contributed by atoms with Crippen molar-refractivity contribution in [1.82, 2.24) is 10.3 Å². The molecule has 106 valence electrons. The van der Waals surface area contributed by atoms with Crippen LogP contribution >= 0.6 is 0 Å². The van der Waals surface area contributed by atoms with E-state index in [0.717, 1.165) is 5.56 Å². The molecule has 1 aromatic heterocycles. The van der Waals surface area contributed by atoms with Crippen LogP contribution in [0.5, 0.6) is 0 Å². The van der Waals surface area contributed by atoms with Gasteiger partial charge in [-0.2, -0.15) is 5.26 Å². The third kappa shape index (κ3) is 3.88. The number of pyridine rings is 1. The fraction of sp³-hybridized carbons (Fsp3) is 0.188. The van der Waals surface area contributed by atoms with Crippen LogP contribution in [0.1, 0.15) is 34.1 Å². The highest BCUT2D eigenvalue weighted by atomic mass is 16.3. The fourth-order valence-electron chi connectivity index (χ4n) is 1.96. The van der Waals surface area contributed by atoms with Gasteiger partial charge in [0.1, 0.15) is 11.8 Å². The number of carbonyl (C=O) groups is 1. The molecule has 2 N–H and O–H groups in total. The second-order valence-corrected chi connectivity index (χ2v) is 4.49. The summed E-state index contributed by atoms with van der Waals surface area (Å²) in [5, 5.41) is 20.7. The van der Waals surface area contributed by atoms with Gasteiger partial charge in [-0.15, -0.1) is 0 Å². The van der Waals surface area contributed by atoms with Gasteiger partial charge in [0.15, 0.2) is 0 Å². The van der Waals surface area contributed by atoms with E-state index in [1.165, 1.54) is 12.3 Å². The van der Waals surface area contributed by atoms with Gasteiger partial charge in [0.2, 0.25) is 0 Å². The molecule has 5 heteroatoms. The number of aliphatic hydroxyl groups excluding tert-OH is 1. The number of rotatable bonds is 5. The van der Waals surface area contributed by atoms with Crippen molar-refractivity contribution in [3.63, 3.8) is 0 Å². The number of amides is 1. The van der Waals surface area contributed by atoms with Gasteiger partial charge in [0.25, 0.3) is 5.91 Å². The lowest BCUT2D eigenvalue weighted by Crippen LogP contribution is -2.29. The van der Waals surface area contributed by atoms with E-state index in [1.54, 1.807) is 6.07 Å². The number of benzene rings is 1. The Kier molecular flexibility index (Phi) is 5.02. The standard InChI is InChI=1S/C16H15N3O2/c17-10-12-6-7-15(18-11-12)16(21)19-14(8-9-20)13-4-2-1-3-5-13/h1-7,11,14,20H,8-9H2,(H,19,21). The molecule has 1 amide bonds. The van der Waals surface area contributed by atoms with Gasteiger partial charge >= 0.3 is 0 Å². The summed E-state index contributed by atoms with van der Waals surface area (Å²) in [5.41, 5.74) is 1.57. The minimum atomic E-state index is -0.332. The summed E-state index contributed by atoms with van der Waals surface area (Å²) in [7, 11) is 0. The van der Waals surface area contributed by atoms with Crippen molar-refractivity contribution in [2.45, 2.75) is 12.5 Å². The van der Waals surface area contributed by atoms with Gasteiger partial charge in [0.05, 0.1) is 11.6 Å². The maximum Gasteiger partial charge on any atom is 0.270 e. The summed E-state index contributed by atoms with van der Waals surface area (Å²) in [4.78, 5) is 16.1. The average molecular weight is 281 g/mol. The van der Waals surface area contributed by atoms with Crippen LogP contribution in [0.15, 0.2) is 48.7 Å². The Morgan fingerprint density at radius 3 is 2.62 bits per heavy atom. The molecule has 0 aliphatic carbocycles. The molecule has 0 aliphatic rings. The van der Waals surface area contributed by atoms with Gasteiger partial charge in [-0.25, -0.2) is 4.98 Å². The maximum absolute atomic E-state index is 12.2. The molecule has 1 atom stereocenters. The monoisotopic (exact) mass is 281 g/mol. The van der Waals surface area contributed by atoms with E-state index in [2.05, 4.69) is 10.3 Å². The second kappa shape index (κ2) is 7.17. The first-order chi connectivity index (χ1) is 10.2. The minimum absolute atomic E-state index is 0.0271. The Morgan fingerprint density at radius 2 is 2.05 bits per heavy atom. The Hall–Kier alpha value is -2.71. The molecule has 0 saturated carbocycles. The Labute approximate surface area is 122 Å². The van der Waals surface area contributed by atoms with Gasteiger partial charge < -0.3 is 10.4 Å². The van der Waals surface area contributed by atoms with E-state index in [-0.39, 0.29) is 24.2 Å². The second-order valence-electron chi connectivity index (χ2n) is 4.49. The van der Waals surface area contributed by atoms with Crippen molar-refractivity contribution in [1.29, 1.82) is 5.26 Å². The highest BCUT2D eigenvalue weighted by molar-refractivity contribution is 5.92. The third-order valence-corrected chi connectivity index (χ3v) is 3.05. The molecule has 0 spiro atoms. The molecule has 0 bridgehead atoms. The zero-order valence-electron chi connectivity index (χ0n) is 11.4. The van der Waals surface area contributed by atoms with Gasteiger partial charge in [0, 0.05) is 12.8 Å². The van der Waals surface area contributed by atoms with E-state index in [9.17, 15) is 4.79 Å². The number of nitrogens with one attached hydrogen (secondary N) is 1. The zero-order valence-corrected chi connectivity index (χ0v) is 11.4. The zero-order chi connectivity index (χ0) is 15.1. The molecule has 1 unspecified atom stereocenters. The molecule has 1 aromatic carbocycles. The summed E-state index contributed by atoms with van der Waals surface area (Å²) < 4.78 is 0. The molecule has 5 nitrogen and oxygen atoms in total. The lowest BCUT2D eigenvalue weighted by Gasteiger charge is -2.18. The van der Waals surface area contributed by atoms with E-state index in [0.29, 0.717) is 12.0 Å². The van der Waals surface area contributed by atoms with Gasteiger partial charge in [-0.1, -0.05) is 30.3 Å². The third-order valence-electron chi connectivity index (χ3n) is 3.05. The Morgan fingerprint density at radius 1 is 1.29 bits per heavy atom. The van der Waals surface area contributed by atoms with Crippen LogP contribution in [-0.2, 0) is 0 Å². The quantitative estimate of drug-likeness (QED) is 0.875. The molecule has 0 saturated heterocycles. The number of aromatic nitrogens is 1. The van der Waals surface area contributed by atoms with Crippen LogP contribution in [0.4, 0.5) is 0 Å². The molecular formula is C16H15N3O2. The predicted molar refractivity (Wildman–Crippen MR) is 77.3 cm³/mol. The van der Waals surface area contributed by atoms with Crippen molar-refractivity contribution < 1.29 is 9.90 Å². The van der Waals surface area contributed by atoms with Crippen molar-refractivity contribution >= 4 is 5.91 Å². The Bertz CT molecular complexity index is 633. The lowest BCUT2D eigenvalue weighted by molar-refractivity contribution is 0.0925. The number of nitrogens with zero attached hydrogens (tertiary/aromatic N) is 2. The summed E-state index contributed by atoms with van der Waals surface area (Å²) in [6.45, 7) is -0.0271. The topological polar surface area (TPSA) is 86.0 Å². The normalized spacial score (nSPS) is 11.4. The highest BCUT2D eigenvalue weighted by Crippen LogP contribution is 2.16. The number of carbonyl (C=O) groups excluding carboxylic acids is 1. The van der Waals surface area contributed by atoms with Crippen molar-refractivity contribution in [2.75, 3.05) is 6.61 Å². The molecule has 2 rings (SSSR count). The smallest absolute Gasteiger partial charge is 0.270 e. The molecule has 0 aliphatic heterocycles. The van der Waals surface area contributed by atoms with Crippen LogP contribution in [0.3, 0.4) is 0 Å². The predicted octanol–water partition coefficient (Wildman–Crippen LogP) is 1.81. The molecular weight excluding hydrogens is 266 g/mol. The van der Waals surface area contributed by atoms with Crippen molar-refractivity contribution in [2.24, 2.45) is 0 Å². The first kappa shape index (κ1) is 14.7. The van der Waals surface area contributed by atoms with E-state index in [1.807, 2.05) is 36.4 Å². The van der Waals surface area contributed by atoms with Crippen LogP contribution in [0.25, 0.3) is 0 Å². The molecule has 2 aromatic rings. The van der Waals surface area contributed by atoms with Crippen LogP contribution in [-0.4, -0.2) is 22.6 Å². The van der Waals surface area contributed by atoms with Gasteiger partial charge in [-0.3, -0.25) is 4.79 Å². The molecule has 21 heavy (non-hydrogen) atoms. The van der Waals surface area contributed by atoms with Crippen LogP contribution < -0.4 is 5.32 Å². The minimum Gasteiger partial charge on any atom is -0.396 e. The number of hydrogen-bond acceptors (Lipinski definition) is 4.